The van der Waals surface area contributed by atoms with Crippen molar-refractivity contribution in [1.82, 2.24) is 0 Å². The number of ether oxygens (including phenoxy) is 2. The zero-order valence-corrected chi connectivity index (χ0v) is 12.9. The van der Waals surface area contributed by atoms with Crippen LogP contribution in [-0.2, 0) is 6.61 Å². The van der Waals surface area contributed by atoms with Gasteiger partial charge in [-0.05, 0) is 49.1 Å². The van der Waals surface area contributed by atoms with Gasteiger partial charge < -0.3 is 9.47 Å². The standard InChI is InChI=1S/C19H20F2O2/c20-19(21)13-5-4-8-18(19)23-17-11-9-16(10-12-17)22-14-15-6-2-1-3-7-15/h1-3,6-7,9-12,18H,4-5,8,13-14H2. The number of alkyl halides is 2. The average molecular weight is 318 g/mol. The van der Waals surface area contributed by atoms with Crippen molar-refractivity contribution < 1.29 is 18.3 Å². The van der Waals surface area contributed by atoms with E-state index in [1.807, 2.05) is 30.3 Å². The Labute approximate surface area is 135 Å². The van der Waals surface area contributed by atoms with Crippen LogP contribution in [0, 0.1) is 0 Å². The lowest BCUT2D eigenvalue weighted by Gasteiger charge is -2.31. The Morgan fingerprint density at radius 3 is 2.30 bits per heavy atom. The molecule has 3 rings (SSSR count). The molecule has 0 aliphatic heterocycles. The van der Waals surface area contributed by atoms with Crippen LogP contribution in [0.2, 0.25) is 0 Å². The minimum absolute atomic E-state index is 0.0874. The number of hydrogen-bond donors (Lipinski definition) is 0. The zero-order chi connectivity index (χ0) is 16.1. The third-order valence-electron chi connectivity index (χ3n) is 4.05. The fourth-order valence-electron chi connectivity index (χ4n) is 2.73. The number of rotatable bonds is 5. The molecule has 1 unspecified atom stereocenters. The van der Waals surface area contributed by atoms with E-state index >= 15 is 0 Å². The molecule has 4 heteroatoms. The number of hydrogen-bond acceptors (Lipinski definition) is 2. The molecule has 1 fully saturated rings. The lowest BCUT2D eigenvalue weighted by Crippen LogP contribution is -2.40. The molecule has 2 nitrogen and oxygen atoms in total. The van der Waals surface area contributed by atoms with Gasteiger partial charge in [0.15, 0.2) is 6.10 Å². The average Bonchev–Trinajstić information content (AvgIpc) is 2.57. The van der Waals surface area contributed by atoms with Crippen LogP contribution in [0.25, 0.3) is 0 Å². The highest BCUT2D eigenvalue weighted by molar-refractivity contribution is 5.32. The summed E-state index contributed by atoms with van der Waals surface area (Å²) in [5, 5.41) is 0. The van der Waals surface area contributed by atoms with Crippen molar-refractivity contribution in [2.75, 3.05) is 0 Å². The van der Waals surface area contributed by atoms with E-state index in [9.17, 15) is 8.78 Å². The first-order valence-electron chi connectivity index (χ1n) is 7.95. The molecule has 1 aliphatic rings. The van der Waals surface area contributed by atoms with E-state index in [4.69, 9.17) is 9.47 Å². The minimum atomic E-state index is -2.74. The predicted octanol–water partition coefficient (Wildman–Crippen LogP) is 5.22. The maximum Gasteiger partial charge on any atom is 0.284 e. The van der Waals surface area contributed by atoms with Gasteiger partial charge in [0.25, 0.3) is 5.92 Å². The Balaban J connectivity index is 1.56. The molecule has 0 bridgehead atoms. The molecule has 1 atom stereocenters. The van der Waals surface area contributed by atoms with Crippen molar-refractivity contribution in [2.45, 2.75) is 44.3 Å². The van der Waals surface area contributed by atoms with Crippen LogP contribution >= 0.6 is 0 Å². The molecule has 0 amide bonds. The minimum Gasteiger partial charge on any atom is -0.489 e. The smallest absolute Gasteiger partial charge is 0.284 e. The molecule has 0 saturated heterocycles. The Bertz CT molecular complexity index is 611. The summed E-state index contributed by atoms with van der Waals surface area (Å²) in [6.45, 7) is 0.474. The molecule has 0 aromatic heterocycles. The second-order valence-electron chi connectivity index (χ2n) is 5.86. The van der Waals surface area contributed by atoms with Gasteiger partial charge in [0, 0.05) is 6.42 Å². The van der Waals surface area contributed by atoms with Crippen molar-refractivity contribution in [3.63, 3.8) is 0 Å². The van der Waals surface area contributed by atoms with Gasteiger partial charge >= 0.3 is 0 Å². The fourth-order valence-corrected chi connectivity index (χ4v) is 2.73. The summed E-state index contributed by atoms with van der Waals surface area (Å²) in [6, 6.07) is 16.7. The van der Waals surface area contributed by atoms with Gasteiger partial charge in [-0.15, -0.1) is 0 Å². The first kappa shape index (κ1) is 15.8. The van der Waals surface area contributed by atoms with Crippen LogP contribution in [0.4, 0.5) is 8.78 Å². The van der Waals surface area contributed by atoms with Gasteiger partial charge in [-0.2, -0.15) is 0 Å². The molecule has 2 aromatic carbocycles. The Morgan fingerprint density at radius 1 is 0.913 bits per heavy atom. The van der Waals surface area contributed by atoms with E-state index in [-0.39, 0.29) is 6.42 Å². The first-order valence-corrected chi connectivity index (χ1v) is 7.95. The van der Waals surface area contributed by atoms with E-state index in [0.717, 1.165) is 12.0 Å². The van der Waals surface area contributed by atoms with E-state index in [0.29, 0.717) is 30.9 Å². The van der Waals surface area contributed by atoms with Crippen LogP contribution in [0.15, 0.2) is 54.6 Å². The molecular formula is C19H20F2O2. The maximum atomic E-state index is 13.8. The molecule has 0 spiro atoms. The zero-order valence-electron chi connectivity index (χ0n) is 12.9. The largest absolute Gasteiger partial charge is 0.489 e. The summed E-state index contributed by atoms with van der Waals surface area (Å²) in [6.07, 6.45) is 0.652. The molecular weight excluding hydrogens is 298 g/mol. The second-order valence-corrected chi connectivity index (χ2v) is 5.86. The van der Waals surface area contributed by atoms with Gasteiger partial charge in [0.1, 0.15) is 18.1 Å². The third-order valence-corrected chi connectivity index (χ3v) is 4.05. The summed E-state index contributed by atoms with van der Waals surface area (Å²) in [5.74, 6) is -1.58. The first-order chi connectivity index (χ1) is 11.1. The Morgan fingerprint density at radius 2 is 1.61 bits per heavy atom. The highest BCUT2D eigenvalue weighted by Crippen LogP contribution is 2.36. The number of halogens is 2. The SMILES string of the molecule is FC1(F)CCCCC1Oc1ccc(OCc2ccccc2)cc1. The molecule has 23 heavy (non-hydrogen) atoms. The molecule has 1 saturated carbocycles. The van der Waals surface area contributed by atoms with Crippen LogP contribution in [0.3, 0.4) is 0 Å². The highest BCUT2D eigenvalue weighted by atomic mass is 19.3. The van der Waals surface area contributed by atoms with Gasteiger partial charge in [-0.3, -0.25) is 0 Å². The lowest BCUT2D eigenvalue weighted by molar-refractivity contribution is -0.119. The quantitative estimate of drug-likeness (QED) is 0.752. The van der Waals surface area contributed by atoms with Crippen molar-refractivity contribution in [3.8, 4) is 11.5 Å². The Kier molecular flexibility index (Phi) is 4.79. The molecule has 122 valence electrons. The molecule has 1 aliphatic carbocycles. The van der Waals surface area contributed by atoms with Crippen LogP contribution < -0.4 is 9.47 Å². The van der Waals surface area contributed by atoms with Gasteiger partial charge in [-0.1, -0.05) is 30.3 Å². The summed E-state index contributed by atoms with van der Waals surface area (Å²) in [5.41, 5.74) is 1.08. The Hall–Kier alpha value is -2.10. The third kappa shape index (κ3) is 4.21. The van der Waals surface area contributed by atoms with E-state index in [1.165, 1.54) is 0 Å². The van der Waals surface area contributed by atoms with E-state index in [2.05, 4.69) is 0 Å². The summed E-state index contributed by atoms with van der Waals surface area (Å²) < 4.78 is 38.7. The molecule has 0 heterocycles. The predicted molar refractivity (Wildman–Crippen MR) is 85.0 cm³/mol. The van der Waals surface area contributed by atoms with Crippen LogP contribution in [0.1, 0.15) is 31.2 Å². The lowest BCUT2D eigenvalue weighted by atomic mass is 9.94. The van der Waals surface area contributed by atoms with E-state index in [1.54, 1.807) is 24.3 Å². The summed E-state index contributed by atoms with van der Waals surface area (Å²) >= 11 is 0. The van der Waals surface area contributed by atoms with Gasteiger partial charge in [0.05, 0.1) is 0 Å². The van der Waals surface area contributed by atoms with Crippen LogP contribution in [0.5, 0.6) is 11.5 Å². The molecule has 2 aromatic rings. The summed E-state index contributed by atoms with van der Waals surface area (Å²) in [7, 11) is 0. The topological polar surface area (TPSA) is 18.5 Å². The van der Waals surface area contributed by atoms with Gasteiger partial charge in [0.2, 0.25) is 0 Å². The van der Waals surface area contributed by atoms with Gasteiger partial charge in [-0.25, -0.2) is 8.78 Å². The van der Waals surface area contributed by atoms with Crippen molar-refractivity contribution >= 4 is 0 Å². The van der Waals surface area contributed by atoms with Crippen LogP contribution in [-0.4, -0.2) is 12.0 Å². The van der Waals surface area contributed by atoms with Crippen molar-refractivity contribution in [1.29, 1.82) is 0 Å². The number of benzene rings is 2. The molecule has 0 radical (unpaired) electrons. The second kappa shape index (κ2) is 6.99. The summed E-state index contributed by atoms with van der Waals surface area (Å²) in [4.78, 5) is 0. The van der Waals surface area contributed by atoms with E-state index < -0.39 is 12.0 Å². The van der Waals surface area contributed by atoms with Crippen molar-refractivity contribution in [3.05, 3.63) is 60.2 Å². The monoisotopic (exact) mass is 318 g/mol. The fraction of sp³-hybridized carbons (Fsp3) is 0.368. The molecule has 0 N–H and O–H groups in total. The maximum absolute atomic E-state index is 13.8. The highest BCUT2D eigenvalue weighted by Gasteiger charge is 2.43. The van der Waals surface area contributed by atoms with Crippen molar-refractivity contribution in [2.24, 2.45) is 0 Å². The normalized spacial score (nSPS) is 20.0.